The smallest absolute Gasteiger partial charge is 0.416 e. The average molecular weight is 306 g/mol. The third-order valence-electron chi connectivity index (χ3n) is 2.60. The monoisotopic (exact) mass is 306 g/mol. The van der Waals surface area contributed by atoms with Crippen molar-refractivity contribution in [2.45, 2.75) is 19.5 Å². The van der Waals surface area contributed by atoms with Crippen LogP contribution in [0.5, 0.6) is 0 Å². The van der Waals surface area contributed by atoms with Crippen molar-refractivity contribution in [2.24, 2.45) is 5.92 Å². The molecule has 7 heteroatoms. The molecule has 0 bridgehead atoms. The molecule has 0 fully saturated rings. The van der Waals surface area contributed by atoms with Crippen molar-refractivity contribution < 1.29 is 27.9 Å². The summed E-state index contributed by atoms with van der Waals surface area (Å²) in [4.78, 5) is 21.9. The maximum atomic E-state index is 12.4. The third-order valence-corrected chi connectivity index (χ3v) is 3.58. The van der Waals surface area contributed by atoms with E-state index in [0.29, 0.717) is 5.56 Å². The summed E-state index contributed by atoms with van der Waals surface area (Å²) in [5, 5.41) is 8.84. The number of thioether (sulfide) groups is 1. The highest BCUT2D eigenvalue weighted by atomic mass is 32.2. The first-order valence-corrected chi connectivity index (χ1v) is 6.71. The van der Waals surface area contributed by atoms with Crippen LogP contribution in [-0.4, -0.2) is 21.9 Å². The van der Waals surface area contributed by atoms with Gasteiger partial charge in [0.1, 0.15) is 0 Å². The van der Waals surface area contributed by atoms with Gasteiger partial charge in [0, 0.05) is 12.7 Å². The molecule has 0 saturated carbocycles. The van der Waals surface area contributed by atoms with Crippen molar-refractivity contribution in [1.82, 2.24) is 0 Å². The SMILES string of the molecule is CC(=O)SC[C@H](Cc1ccc(C(F)(F)F)cc1)C(=O)O. The number of carbonyl (C=O) groups is 2. The fourth-order valence-electron chi connectivity index (χ4n) is 1.55. The molecule has 110 valence electrons. The number of hydrogen-bond donors (Lipinski definition) is 1. The summed E-state index contributed by atoms with van der Waals surface area (Å²) in [7, 11) is 0. The van der Waals surface area contributed by atoms with Crippen molar-refractivity contribution in [3.05, 3.63) is 35.4 Å². The summed E-state index contributed by atoms with van der Waals surface area (Å²) in [5.41, 5.74) is -0.277. The minimum absolute atomic E-state index is 0.0910. The molecule has 0 saturated heterocycles. The molecule has 1 aromatic rings. The second-order valence-corrected chi connectivity index (χ2v) is 5.43. The van der Waals surface area contributed by atoms with Crippen LogP contribution in [0, 0.1) is 5.92 Å². The van der Waals surface area contributed by atoms with Crippen molar-refractivity contribution in [3.8, 4) is 0 Å². The molecule has 20 heavy (non-hydrogen) atoms. The molecule has 1 rings (SSSR count). The molecule has 0 aromatic heterocycles. The highest BCUT2D eigenvalue weighted by Crippen LogP contribution is 2.29. The summed E-state index contributed by atoms with van der Waals surface area (Å²) in [6.07, 6.45) is -4.32. The van der Waals surface area contributed by atoms with E-state index >= 15 is 0 Å². The molecule has 0 spiro atoms. The Balaban J connectivity index is 2.74. The molecular formula is C13H13F3O3S. The zero-order valence-corrected chi connectivity index (χ0v) is 11.4. The van der Waals surface area contributed by atoms with Gasteiger partial charge in [0.15, 0.2) is 5.12 Å². The minimum Gasteiger partial charge on any atom is -0.481 e. The van der Waals surface area contributed by atoms with E-state index in [1.807, 2.05) is 0 Å². The molecule has 3 nitrogen and oxygen atoms in total. The Hall–Kier alpha value is -1.50. The van der Waals surface area contributed by atoms with Crippen LogP contribution in [0.3, 0.4) is 0 Å². The van der Waals surface area contributed by atoms with E-state index in [0.717, 1.165) is 23.9 Å². The molecule has 0 aliphatic carbocycles. The summed E-state index contributed by atoms with van der Waals surface area (Å²) in [5.74, 6) is -1.77. The van der Waals surface area contributed by atoms with Crippen LogP contribution in [0.4, 0.5) is 13.2 Å². The number of aliphatic carboxylic acids is 1. The van der Waals surface area contributed by atoms with Gasteiger partial charge in [-0.05, 0) is 24.1 Å². The van der Waals surface area contributed by atoms with Crippen LogP contribution in [0.25, 0.3) is 0 Å². The quantitative estimate of drug-likeness (QED) is 0.907. The van der Waals surface area contributed by atoms with Gasteiger partial charge in [-0.1, -0.05) is 23.9 Å². The molecule has 1 atom stereocenters. The number of carbonyl (C=O) groups excluding carboxylic acids is 1. The Morgan fingerprint density at radius 1 is 1.25 bits per heavy atom. The van der Waals surface area contributed by atoms with E-state index in [1.54, 1.807) is 0 Å². The van der Waals surface area contributed by atoms with Crippen LogP contribution in [-0.2, 0) is 22.2 Å². The zero-order chi connectivity index (χ0) is 15.3. The van der Waals surface area contributed by atoms with Crippen molar-refractivity contribution >= 4 is 22.8 Å². The Labute approximate surface area is 118 Å². The highest BCUT2D eigenvalue weighted by molar-refractivity contribution is 8.13. The number of carboxylic acids is 1. The van der Waals surface area contributed by atoms with Gasteiger partial charge in [0.05, 0.1) is 11.5 Å². The topological polar surface area (TPSA) is 54.4 Å². The summed E-state index contributed by atoms with van der Waals surface area (Å²) in [6, 6.07) is 4.37. The summed E-state index contributed by atoms with van der Waals surface area (Å²) < 4.78 is 37.2. The average Bonchev–Trinajstić information content (AvgIpc) is 2.33. The lowest BCUT2D eigenvalue weighted by Gasteiger charge is -2.12. The molecule has 0 heterocycles. The Kier molecular flexibility index (Phi) is 5.62. The van der Waals surface area contributed by atoms with E-state index in [1.165, 1.54) is 19.1 Å². The van der Waals surface area contributed by atoms with Crippen LogP contribution in [0.2, 0.25) is 0 Å². The van der Waals surface area contributed by atoms with Gasteiger partial charge in [-0.15, -0.1) is 0 Å². The molecule has 1 N–H and O–H groups in total. The minimum atomic E-state index is -4.41. The van der Waals surface area contributed by atoms with Gasteiger partial charge in [0.25, 0.3) is 0 Å². The summed E-state index contributed by atoms with van der Waals surface area (Å²) in [6.45, 7) is 1.34. The van der Waals surface area contributed by atoms with E-state index in [9.17, 15) is 22.8 Å². The molecule has 0 unspecified atom stereocenters. The standard InChI is InChI=1S/C13H13F3O3S/c1-8(17)20-7-10(12(18)19)6-9-2-4-11(5-3-9)13(14,15)16/h2-5,10H,6-7H2,1H3,(H,18,19)/t10-/m0/s1. The first-order chi connectivity index (χ1) is 9.20. The Morgan fingerprint density at radius 3 is 2.20 bits per heavy atom. The normalized spacial score (nSPS) is 13.0. The predicted octanol–water partition coefficient (Wildman–Crippen LogP) is 3.23. The number of benzene rings is 1. The summed E-state index contributed by atoms with van der Waals surface area (Å²) >= 11 is 0.895. The maximum absolute atomic E-state index is 12.4. The molecular weight excluding hydrogens is 293 g/mol. The highest BCUT2D eigenvalue weighted by Gasteiger charge is 2.30. The van der Waals surface area contributed by atoms with Gasteiger partial charge >= 0.3 is 12.1 Å². The molecule has 0 aliphatic rings. The van der Waals surface area contributed by atoms with E-state index < -0.39 is 23.6 Å². The first-order valence-electron chi connectivity index (χ1n) is 5.72. The molecule has 1 aromatic carbocycles. The van der Waals surface area contributed by atoms with Crippen LogP contribution in [0.1, 0.15) is 18.1 Å². The van der Waals surface area contributed by atoms with Crippen LogP contribution >= 0.6 is 11.8 Å². The van der Waals surface area contributed by atoms with Gasteiger partial charge < -0.3 is 5.11 Å². The number of carboxylic acid groups (broad SMARTS) is 1. The van der Waals surface area contributed by atoms with Gasteiger partial charge in [-0.3, -0.25) is 9.59 Å². The second-order valence-electron chi connectivity index (χ2n) is 4.24. The van der Waals surface area contributed by atoms with Gasteiger partial charge in [0.2, 0.25) is 0 Å². The van der Waals surface area contributed by atoms with Crippen molar-refractivity contribution in [3.63, 3.8) is 0 Å². The third kappa shape index (κ3) is 5.24. The second kappa shape index (κ2) is 6.78. The van der Waals surface area contributed by atoms with E-state index in [4.69, 9.17) is 5.11 Å². The van der Waals surface area contributed by atoms with Gasteiger partial charge in [-0.25, -0.2) is 0 Å². The largest absolute Gasteiger partial charge is 0.481 e. The van der Waals surface area contributed by atoms with Crippen LogP contribution in [0.15, 0.2) is 24.3 Å². The number of alkyl halides is 3. The zero-order valence-electron chi connectivity index (χ0n) is 10.6. The number of rotatable bonds is 5. The van der Waals surface area contributed by atoms with E-state index in [-0.39, 0.29) is 17.3 Å². The molecule has 0 aliphatic heterocycles. The fourth-order valence-corrected chi connectivity index (χ4v) is 2.25. The maximum Gasteiger partial charge on any atom is 0.416 e. The first kappa shape index (κ1) is 16.6. The number of halogens is 3. The number of hydrogen-bond acceptors (Lipinski definition) is 3. The lowest BCUT2D eigenvalue weighted by atomic mass is 10.00. The Morgan fingerprint density at radius 2 is 1.80 bits per heavy atom. The van der Waals surface area contributed by atoms with Crippen molar-refractivity contribution in [1.29, 1.82) is 0 Å². The van der Waals surface area contributed by atoms with Crippen molar-refractivity contribution in [2.75, 3.05) is 5.75 Å². The van der Waals surface area contributed by atoms with Gasteiger partial charge in [-0.2, -0.15) is 13.2 Å². The lowest BCUT2D eigenvalue weighted by Crippen LogP contribution is -2.19. The fraction of sp³-hybridized carbons (Fsp3) is 0.385. The predicted molar refractivity (Wildman–Crippen MR) is 69.4 cm³/mol. The molecule has 0 amide bonds. The molecule has 0 radical (unpaired) electrons. The lowest BCUT2D eigenvalue weighted by molar-refractivity contribution is -0.141. The Bertz CT molecular complexity index is 483. The van der Waals surface area contributed by atoms with Crippen LogP contribution < -0.4 is 0 Å². The van der Waals surface area contributed by atoms with E-state index in [2.05, 4.69) is 0 Å².